The molecular weight excluding hydrogens is 356 g/mol. The number of anilines is 1. The first-order valence-corrected chi connectivity index (χ1v) is 9.11. The SMILES string of the molecule is CN/C=C\C(N)=NC(=O)c1cc(C)cc(Oc2cnc(NCC3CC3)cn2)c1. The quantitative estimate of drug-likeness (QED) is 0.476. The van der Waals surface area contributed by atoms with Gasteiger partial charge in [0.15, 0.2) is 0 Å². The Kier molecular flexibility index (Phi) is 6.21. The Morgan fingerprint density at radius 1 is 1.32 bits per heavy atom. The van der Waals surface area contributed by atoms with Crippen molar-refractivity contribution >= 4 is 17.6 Å². The van der Waals surface area contributed by atoms with Crippen LogP contribution < -0.4 is 21.1 Å². The Morgan fingerprint density at radius 2 is 2.14 bits per heavy atom. The van der Waals surface area contributed by atoms with E-state index in [2.05, 4.69) is 25.6 Å². The number of amidine groups is 1. The Morgan fingerprint density at radius 3 is 2.82 bits per heavy atom. The smallest absolute Gasteiger partial charge is 0.279 e. The molecule has 1 heterocycles. The topological polar surface area (TPSA) is 115 Å². The average Bonchev–Trinajstić information content (AvgIpc) is 3.50. The van der Waals surface area contributed by atoms with Crippen molar-refractivity contribution in [2.45, 2.75) is 19.8 Å². The molecule has 1 saturated carbocycles. The van der Waals surface area contributed by atoms with Crippen molar-refractivity contribution in [3.05, 3.63) is 54.0 Å². The van der Waals surface area contributed by atoms with Crippen LogP contribution >= 0.6 is 0 Å². The molecular formula is C20H24N6O2. The van der Waals surface area contributed by atoms with Crippen LogP contribution in [0.5, 0.6) is 11.6 Å². The van der Waals surface area contributed by atoms with Crippen molar-refractivity contribution in [2.24, 2.45) is 16.6 Å². The number of carbonyl (C=O) groups excluding carboxylic acids is 1. The molecule has 1 aliphatic carbocycles. The number of rotatable bonds is 8. The maximum absolute atomic E-state index is 12.3. The zero-order chi connectivity index (χ0) is 19.9. The van der Waals surface area contributed by atoms with Crippen LogP contribution in [0.15, 0.2) is 47.9 Å². The second-order valence-corrected chi connectivity index (χ2v) is 6.66. The predicted molar refractivity (Wildman–Crippen MR) is 109 cm³/mol. The number of hydrogen-bond acceptors (Lipinski definition) is 6. The molecule has 0 spiro atoms. The summed E-state index contributed by atoms with van der Waals surface area (Å²) in [6, 6.07) is 5.14. The van der Waals surface area contributed by atoms with Gasteiger partial charge in [-0.15, -0.1) is 0 Å². The van der Waals surface area contributed by atoms with Crippen molar-refractivity contribution in [3.8, 4) is 11.6 Å². The summed E-state index contributed by atoms with van der Waals surface area (Å²) in [7, 11) is 1.73. The molecule has 0 saturated heterocycles. The van der Waals surface area contributed by atoms with Crippen molar-refractivity contribution in [3.63, 3.8) is 0 Å². The third-order valence-corrected chi connectivity index (χ3v) is 4.07. The van der Waals surface area contributed by atoms with Gasteiger partial charge in [0.1, 0.15) is 17.4 Å². The summed E-state index contributed by atoms with van der Waals surface area (Å²) < 4.78 is 5.76. The Labute approximate surface area is 163 Å². The van der Waals surface area contributed by atoms with E-state index in [1.54, 1.807) is 37.8 Å². The summed E-state index contributed by atoms with van der Waals surface area (Å²) in [6.45, 7) is 2.79. The lowest BCUT2D eigenvalue weighted by atomic mass is 10.1. The van der Waals surface area contributed by atoms with Crippen LogP contribution in [0.2, 0.25) is 0 Å². The highest BCUT2D eigenvalue weighted by Gasteiger charge is 2.20. The highest BCUT2D eigenvalue weighted by Crippen LogP contribution is 2.29. The molecule has 3 rings (SSSR count). The number of carbonyl (C=O) groups is 1. The second kappa shape index (κ2) is 8.98. The van der Waals surface area contributed by atoms with Gasteiger partial charge in [-0.25, -0.2) is 9.97 Å². The molecule has 0 aliphatic heterocycles. The molecule has 28 heavy (non-hydrogen) atoms. The number of benzene rings is 1. The lowest BCUT2D eigenvalue weighted by Crippen LogP contribution is -2.12. The van der Waals surface area contributed by atoms with E-state index in [0.717, 1.165) is 23.8 Å². The fourth-order valence-electron chi connectivity index (χ4n) is 2.47. The first-order valence-electron chi connectivity index (χ1n) is 9.11. The lowest BCUT2D eigenvalue weighted by Gasteiger charge is -2.08. The number of nitrogens with two attached hydrogens (primary N) is 1. The van der Waals surface area contributed by atoms with Gasteiger partial charge in [0, 0.05) is 19.2 Å². The fourth-order valence-corrected chi connectivity index (χ4v) is 2.47. The monoisotopic (exact) mass is 380 g/mol. The van der Waals surface area contributed by atoms with Crippen LogP contribution in [-0.4, -0.2) is 35.3 Å². The molecule has 8 heteroatoms. The summed E-state index contributed by atoms with van der Waals surface area (Å²) in [4.78, 5) is 24.8. The first kappa shape index (κ1) is 19.3. The molecule has 1 aliphatic rings. The number of amides is 1. The highest BCUT2D eigenvalue weighted by atomic mass is 16.5. The molecule has 4 N–H and O–H groups in total. The van der Waals surface area contributed by atoms with Gasteiger partial charge in [0.05, 0.1) is 12.4 Å². The van der Waals surface area contributed by atoms with Gasteiger partial charge in [-0.3, -0.25) is 4.79 Å². The number of aryl methyl sites for hydroxylation is 1. The van der Waals surface area contributed by atoms with Crippen LogP contribution in [0.4, 0.5) is 5.82 Å². The molecule has 8 nitrogen and oxygen atoms in total. The van der Waals surface area contributed by atoms with E-state index >= 15 is 0 Å². The minimum atomic E-state index is -0.447. The normalized spacial score (nSPS) is 14.1. The number of nitrogens with one attached hydrogen (secondary N) is 2. The summed E-state index contributed by atoms with van der Waals surface area (Å²) in [5.74, 6) is 1.98. The number of ether oxygens (including phenoxy) is 1. The Hall–Kier alpha value is -3.42. The van der Waals surface area contributed by atoms with Crippen LogP contribution in [0.25, 0.3) is 0 Å². The van der Waals surface area contributed by atoms with Gasteiger partial charge >= 0.3 is 0 Å². The molecule has 1 aromatic carbocycles. The van der Waals surface area contributed by atoms with E-state index in [1.807, 2.05) is 13.0 Å². The van der Waals surface area contributed by atoms with Gasteiger partial charge in [-0.05, 0) is 61.7 Å². The van der Waals surface area contributed by atoms with E-state index in [9.17, 15) is 4.79 Å². The summed E-state index contributed by atoms with van der Waals surface area (Å²) in [5, 5.41) is 6.04. The van der Waals surface area contributed by atoms with Gasteiger partial charge < -0.3 is 21.1 Å². The zero-order valence-corrected chi connectivity index (χ0v) is 16.0. The number of aromatic nitrogens is 2. The molecule has 2 aromatic rings. The first-order chi connectivity index (χ1) is 13.5. The van der Waals surface area contributed by atoms with Crippen LogP contribution in [-0.2, 0) is 0 Å². The van der Waals surface area contributed by atoms with Gasteiger partial charge in [0.2, 0.25) is 5.88 Å². The zero-order valence-electron chi connectivity index (χ0n) is 16.0. The van der Waals surface area contributed by atoms with E-state index in [0.29, 0.717) is 17.2 Å². The van der Waals surface area contributed by atoms with Gasteiger partial charge in [-0.1, -0.05) is 0 Å². The van der Waals surface area contributed by atoms with E-state index in [4.69, 9.17) is 10.5 Å². The standard InChI is InChI=1S/C20H24N6O2/c1-13-7-15(20(27)26-17(21)5-6-22-2)9-16(8-13)28-19-12-24-18(11-25-19)23-10-14-3-4-14/h5-9,11-12,14,22H,3-4,10H2,1-2H3,(H,23,24)(H2,21,26,27)/b6-5-. The Bertz CT molecular complexity index is 888. The van der Waals surface area contributed by atoms with Crippen molar-refractivity contribution in [1.82, 2.24) is 15.3 Å². The molecule has 1 amide bonds. The minimum Gasteiger partial charge on any atom is -0.437 e. The largest absolute Gasteiger partial charge is 0.437 e. The molecule has 0 bridgehead atoms. The molecule has 0 unspecified atom stereocenters. The van der Waals surface area contributed by atoms with Crippen LogP contribution in [0.1, 0.15) is 28.8 Å². The predicted octanol–water partition coefficient (Wildman–Crippen LogP) is 2.63. The van der Waals surface area contributed by atoms with Gasteiger partial charge in [-0.2, -0.15) is 4.99 Å². The van der Waals surface area contributed by atoms with Crippen molar-refractivity contribution < 1.29 is 9.53 Å². The third-order valence-electron chi connectivity index (χ3n) is 4.07. The highest BCUT2D eigenvalue weighted by molar-refractivity contribution is 6.06. The number of nitrogens with zero attached hydrogens (tertiary/aromatic N) is 3. The lowest BCUT2D eigenvalue weighted by molar-refractivity contribution is 0.100. The third kappa shape index (κ3) is 5.80. The van der Waals surface area contributed by atoms with Crippen molar-refractivity contribution in [1.29, 1.82) is 0 Å². The van der Waals surface area contributed by atoms with E-state index < -0.39 is 5.91 Å². The molecule has 0 radical (unpaired) electrons. The average molecular weight is 380 g/mol. The fraction of sp³-hybridized carbons (Fsp3) is 0.300. The van der Waals surface area contributed by atoms with Crippen LogP contribution in [0, 0.1) is 12.8 Å². The second-order valence-electron chi connectivity index (χ2n) is 6.66. The maximum atomic E-state index is 12.3. The Balaban J connectivity index is 1.68. The van der Waals surface area contributed by atoms with E-state index in [-0.39, 0.29) is 5.84 Å². The van der Waals surface area contributed by atoms with Crippen molar-refractivity contribution in [2.75, 3.05) is 18.9 Å². The van der Waals surface area contributed by atoms with Gasteiger partial charge in [0.25, 0.3) is 5.91 Å². The van der Waals surface area contributed by atoms with Crippen LogP contribution in [0.3, 0.4) is 0 Å². The minimum absolute atomic E-state index is 0.114. The molecule has 146 valence electrons. The molecule has 1 aromatic heterocycles. The van der Waals surface area contributed by atoms with E-state index in [1.165, 1.54) is 18.9 Å². The molecule has 1 fully saturated rings. The molecule has 0 atom stereocenters. The summed E-state index contributed by atoms with van der Waals surface area (Å²) in [5.41, 5.74) is 6.94. The maximum Gasteiger partial charge on any atom is 0.279 e. The number of hydrogen-bond donors (Lipinski definition) is 3. The summed E-state index contributed by atoms with van der Waals surface area (Å²) >= 11 is 0. The summed E-state index contributed by atoms with van der Waals surface area (Å²) in [6.07, 6.45) is 8.85. The number of aliphatic imine (C=N–C) groups is 1.